The lowest BCUT2D eigenvalue weighted by Crippen LogP contribution is -2.00. The molecule has 0 aromatic carbocycles. The van der Waals surface area contributed by atoms with Crippen LogP contribution in [0.25, 0.3) is 0 Å². The number of hydrogen-bond acceptors (Lipinski definition) is 2. The molecule has 58 valence electrons. The first kappa shape index (κ1) is 7.80. The van der Waals surface area contributed by atoms with Gasteiger partial charge in [-0.2, -0.15) is 5.26 Å². The minimum absolute atomic E-state index is 0.379. The number of aromatic nitrogens is 2. The van der Waals surface area contributed by atoms with Crippen molar-refractivity contribution in [3.63, 3.8) is 0 Å². The molecule has 3 nitrogen and oxygen atoms in total. The Morgan fingerprint density at radius 2 is 2.27 bits per heavy atom. The van der Waals surface area contributed by atoms with E-state index < -0.39 is 0 Å². The lowest BCUT2D eigenvalue weighted by atomic mass is 10.4. The highest BCUT2D eigenvalue weighted by Gasteiger charge is 2.04. The molecule has 0 bridgehead atoms. The van der Waals surface area contributed by atoms with Gasteiger partial charge in [0.25, 0.3) is 0 Å². The molecule has 0 aliphatic heterocycles. The minimum Gasteiger partial charge on any atom is -0.331 e. The van der Waals surface area contributed by atoms with Crippen LogP contribution in [0.15, 0.2) is 6.20 Å². The SMILES string of the molecule is Cc1nc(C#N)cn1C(C)C. The van der Waals surface area contributed by atoms with E-state index >= 15 is 0 Å². The minimum atomic E-state index is 0.379. The van der Waals surface area contributed by atoms with Crippen molar-refractivity contribution >= 4 is 0 Å². The van der Waals surface area contributed by atoms with Crippen molar-refractivity contribution in [1.82, 2.24) is 9.55 Å². The summed E-state index contributed by atoms with van der Waals surface area (Å²) >= 11 is 0. The highest BCUT2D eigenvalue weighted by Crippen LogP contribution is 2.08. The van der Waals surface area contributed by atoms with Crippen LogP contribution >= 0.6 is 0 Å². The second-order valence-corrected chi connectivity index (χ2v) is 2.79. The maximum atomic E-state index is 8.53. The quantitative estimate of drug-likeness (QED) is 0.609. The monoisotopic (exact) mass is 149 g/mol. The second kappa shape index (κ2) is 2.75. The van der Waals surface area contributed by atoms with E-state index in [0.29, 0.717) is 11.7 Å². The molecule has 1 aromatic rings. The summed E-state index contributed by atoms with van der Waals surface area (Å²) in [6, 6.07) is 2.39. The Kier molecular flexibility index (Phi) is 1.95. The molecule has 11 heavy (non-hydrogen) atoms. The molecule has 1 rings (SSSR count). The van der Waals surface area contributed by atoms with Crippen LogP contribution in [0.3, 0.4) is 0 Å². The Balaban J connectivity index is 3.09. The second-order valence-electron chi connectivity index (χ2n) is 2.79. The third-order valence-corrected chi connectivity index (χ3v) is 1.59. The van der Waals surface area contributed by atoms with Crippen molar-refractivity contribution < 1.29 is 0 Å². The predicted molar refractivity (Wildman–Crippen MR) is 42.1 cm³/mol. The fourth-order valence-corrected chi connectivity index (χ4v) is 1.06. The van der Waals surface area contributed by atoms with Crippen LogP contribution in [0.4, 0.5) is 0 Å². The first-order valence-electron chi connectivity index (χ1n) is 3.60. The number of hydrogen-bond donors (Lipinski definition) is 0. The summed E-state index contributed by atoms with van der Waals surface area (Å²) in [5.41, 5.74) is 0.496. The van der Waals surface area contributed by atoms with Crippen molar-refractivity contribution in [2.24, 2.45) is 0 Å². The van der Waals surface area contributed by atoms with Gasteiger partial charge in [0.15, 0.2) is 5.69 Å². The molecule has 0 N–H and O–H groups in total. The van der Waals surface area contributed by atoms with Crippen molar-refractivity contribution in [3.8, 4) is 6.07 Å². The zero-order valence-electron chi connectivity index (χ0n) is 7.00. The largest absolute Gasteiger partial charge is 0.331 e. The van der Waals surface area contributed by atoms with E-state index in [-0.39, 0.29) is 0 Å². The molecule has 0 amide bonds. The van der Waals surface area contributed by atoms with Gasteiger partial charge in [-0.3, -0.25) is 0 Å². The van der Waals surface area contributed by atoms with Crippen LogP contribution in [0.2, 0.25) is 0 Å². The lowest BCUT2D eigenvalue weighted by Gasteiger charge is -2.06. The van der Waals surface area contributed by atoms with Gasteiger partial charge in [-0.05, 0) is 20.8 Å². The average molecular weight is 149 g/mol. The summed E-state index contributed by atoms with van der Waals surface area (Å²) in [7, 11) is 0. The predicted octanol–water partition coefficient (Wildman–Crippen LogP) is 1.64. The smallest absolute Gasteiger partial charge is 0.158 e. The number of aryl methyl sites for hydroxylation is 1. The highest BCUT2D eigenvalue weighted by molar-refractivity contribution is 5.18. The molecule has 1 aromatic heterocycles. The fourth-order valence-electron chi connectivity index (χ4n) is 1.06. The van der Waals surface area contributed by atoms with Gasteiger partial charge in [0.2, 0.25) is 0 Å². The number of nitriles is 1. The Bertz CT molecular complexity index is 291. The summed E-state index contributed by atoms with van der Waals surface area (Å²) < 4.78 is 1.98. The van der Waals surface area contributed by atoms with Crippen LogP contribution < -0.4 is 0 Å². The Morgan fingerprint density at radius 1 is 1.64 bits per heavy atom. The molecule has 1 heterocycles. The van der Waals surface area contributed by atoms with E-state index in [9.17, 15) is 0 Å². The van der Waals surface area contributed by atoms with Gasteiger partial charge in [0, 0.05) is 12.2 Å². The number of rotatable bonds is 1. The van der Waals surface area contributed by atoms with Gasteiger partial charge in [-0.15, -0.1) is 0 Å². The van der Waals surface area contributed by atoms with Gasteiger partial charge in [-0.25, -0.2) is 4.98 Å². The van der Waals surface area contributed by atoms with Crippen LogP contribution in [-0.4, -0.2) is 9.55 Å². The van der Waals surface area contributed by atoms with Crippen molar-refractivity contribution in [2.75, 3.05) is 0 Å². The van der Waals surface area contributed by atoms with E-state index in [2.05, 4.69) is 18.8 Å². The van der Waals surface area contributed by atoms with Crippen LogP contribution in [-0.2, 0) is 0 Å². The summed E-state index contributed by atoms with van der Waals surface area (Å²) in [5.74, 6) is 0.900. The molecule has 0 saturated heterocycles. The molecule has 0 fully saturated rings. The number of imidazole rings is 1. The summed E-state index contributed by atoms with van der Waals surface area (Å²) in [6.45, 7) is 6.03. The Hall–Kier alpha value is -1.30. The van der Waals surface area contributed by atoms with Gasteiger partial charge in [0.05, 0.1) is 0 Å². The topological polar surface area (TPSA) is 41.6 Å². The molecule has 0 unspecified atom stereocenters. The molecule has 0 aliphatic carbocycles. The van der Waals surface area contributed by atoms with Gasteiger partial charge >= 0.3 is 0 Å². The fraction of sp³-hybridized carbons (Fsp3) is 0.500. The molecular formula is C8H11N3. The first-order valence-corrected chi connectivity index (χ1v) is 3.60. The van der Waals surface area contributed by atoms with Crippen molar-refractivity contribution in [1.29, 1.82) is 5.26 Å². The third kappa shape index (κ3) is 1.40. The normalized spacial score (nSPS) is 10.1. The van der Waals surface area contributed by atoms with E-state index in [0.717, 1.165) is 5.82 Å². The number of nitrogens with zero attached hydrogens (tertiary/aromatic N) is 3. The van der Waals surface area contributed by atoms with E-state index in [4.69, 9.17) is 5.26 Å². The summed E-state index contributed by atoms with van der Waals surface area (Å²) in [5, 5.41) is 8.53. The maximum absolute atomic E-state index is 8.53. The molecule has 0 saturated carbocycles. The maximum Gasteiger partial charge on any atom is 0.158 e. The third-order valence-electron chi connectivity index (χ3n) is 1.59. The molecule has 0 aliphatic rings. The zero-order chi connectivity index (χ0) is 8.43. The standard InChI is InChI=1S/C8H11N3/c1-6(2)11-5-8(4-9)10-7(11)3/h5-6H,1-3H3. The van der Waals surface area contributed by atoms with Gasteiger partial charge in [0.1, 0.15) is 11.9 Å². The van der Waals surface area contributed by atoms with Gasteiger partial charge in [-0.1, -0.05) is 0 Å². The first-order chi connectivity index (χ1) is 5.15. The molecule has 0 radical (unpaired) electrons. The summed E-state index contributed by atoms with van der Waals surface area (Å²) in [6.07, 6.45) is 1.78. The summed E-state index contributed by atoms with van der Waals surface area (Å²) in [4.78, 5) is 4.05. The average Bonchev–Trinajstić information content (AvgIpc) is 2.30. The molecule has 0 spiro atoms. The van der Waals surface area contributed by atoms with E-state index in [1.54, 1.807) is 6.20 Å². The van der Waals surface area contributed by atoms with Crippen LogP contribution in [0.1, 0.15) is 31.4 Å². The van der Waals surface area contributed by atoms with E-state index in [1.807, 2.05) is 17.6 Å². The van der Waals surface area contributed by atoms with Crippen LogP contribution in [0, 0.1) is 18.3 Å². The molecule has 3 heteroatoms. The molecular weight excluding hydrogens is 138 g/mol. The van der Waals surface area contributed by atoms with E-state index in [1.165, 1.54) is 0 Å². The lowest BCUT2D eigenvalue weighted by molar-refractivity contribution is 0.582. The van der Waals surface area contributed by atoms with Crippen LogP contribution in [0.5, 0.6) is 0 Å². The Labute approximate surface area is 66.3 Å². The van der Waals surface area contributed by atoms with Gasteiger partial charge < -0.3 is 4.57 Å². The van der Waals surface area contributed by atoms with Crippen molar-refractivity contribution in [2.45, 2.75) is 26.8 Å². The Morgan fingerprint density at radius 3 is 2.55 bits per heavy atom. The molecule has 0 atom stereocenters. The van der Waals surface area contributed by atoms with Crippen molar-refractivity contribution in [3.05, 3.63) is 17.7 Å². The highest BCUT2D eigenvalue weighted by atomic mass is 15.1. The zero-order valence-corrected chi connectivity index (χ0v) is 7.00.